The summed E-state index contributed by atoms with van der Waals surface area (Å²) in [4.78, 5) is 2.36. The molecule has 1 rings (SSSR count). The quantitative estimate of drug-likeness (QED) is 0.226. The van der Waals surface area contributed by atoms with Crippen LogP contribution in [-0.4, -0.2) is 62.5 Å². The first kappa shape index (κ1) is 16.2. The molecule has 0 aromatic carbocycles. The molecule has 1 fully saturated rings. The number of hydrogen-bond donors (Lipinski definition) is 2. The highest BCUT2D eigenvalue weighted by molar-refractivity contribution is 5.85. The van der Waals surface area contributed by atoms with E-state index in [9.17, 15) is 0 Å². The molecular formula is C13H27N3O3. The highest BCUT2D eigenvalue weighted by Gasteiger charge is 2.33. The van der Waals surface area contributed by atoms with Crippen molar-refractivity contribution in [3.8, 4) is 0 Å². The minimum Gasteiger partial charge on any atom is -0.409 e. The third kappa shape index (κ3) is 5.34. The molecule has 0 saturated carbocycles. The predicted molar refractivity (Wildman–Crippen MR) is 74.5 cm³/mol. The van der Waals surface area contributed by atoms with Crippen molar-refractivity contribution in [2.45, 2.75) is 26.2 Å². The zero-order chi connectivity index (χ0) is 14.1. The molecule has 0 amide bonds. The summed E-state index contributed by atoms with van der Waals surface area (Å²) in [6, 6.07) is 0. The van der Waals surface area contributed by atoms with Crippen molar-refractivity contribution in [3.05, 3.63) is 0 Å². The first-order valence-corrected chi connectivity index (χ1v) is 6.89. The van der Waals surface area contributed by atoms with Gasteiger partial charge in [-0.2, -0.15) is 0 Å². The third-order valence-electron chi connectivity index (χ3n) is 3.87. The van der Waals surface area contributed by atoms with Crippen LogP contribution in [-0.2, 0) is 9.47 Å². The van der Waals surface area contributed by atoms with E-state index < -0.39 is 0 Å². The fourth-order valence-corrected chi connectivity index (χ4v) is 2.25. The summed E-state index contributed by atoms with van der Waals surface area (Å²) in [5.41, 5.74) is 5.58. The van der Waals surface area contributed by atoms with Gasteiger partial charge in [-0.05, 0) is 32.4 Å². The number of hydrogen-bond acceptors (Lipinski definition) is 5. The van der Waals surface area contributed by atoms with Gasteiger partial charge < -0.3 is 25.3 Å². The van der Waals surface area contributed by atoms with Gasteiger partial charge in [0.15, 0.2) is 0 Å². The van der Waals surface area contributed by atoms with Crippen molar-refractivity contribution in [1.29, 1.82) is 0 Å². The second-order valence-electron chi connectivity index (χ2n) is 5.35. The van der Waals surface area contributed by atoms with Gasteiger partial charge in [0.25, 0.3) is 0 Å². The minimum absolute atomic E-state index is 0.162. The van der Waals surface area contributed by atoms with Gasteiger partial charge in [0.2, 0.25) is 0 Å². The number of ether oxygens (including phenoxy) is 2. The zero-order valence-corrected chi connectivity index (χ0v) is 12.1. The predicted octanol–water partition coefficient (Wildman–Crippen LogP) is 0.888. The molecule has 3 N–H and O–H groups in total. The standard InChI is InChI=1S/C13H27N3O3/c1-13(12(14)15-17)4-6-16(7-5-13)8-11-19-10-3-9-18-2/h17H,3-11H2,1-2H3,(H2,14,15). The largest absolute Gasteiger partial charge is 0.409 e. The molecule has 0 bridgehead atoms. The van der Waals surface area contributed by atoms with E-state index in [1.54, 1.807) is 7.11 Å². The number of likely N-dealkylation sites (tertiary alicyclic amines) is 1. The topological polar surface area (TPSA) is 80.3 Å². The highest BCUT2D eigenvalue weighted by Crippen LogP contribution is 2.30. The fourth-order valence-electron chi connectivity index (χ4n) is 2.25. The van der Waals surface area contributed by atoms with E-state index in [2.05, 4.69) is 17.0 Å². The molecule has 1 aliphatic rings. The zero-order valence-electron chi connectivity index (χ0n) is 12.1. The second-order valence-corrected chi connectivity index (χ2v) is 5.35. The molecule has 6 nitrogen and oxygen atoms in total. The van der Waals surface area contributed by atoms with Crippen LogP contribution in [0.15, 0.2) is 5.16 Å². The van der Waals surface area contributed by atoms with E-state index in [-0.39, 0.29) is 5.41 Å². The average Bonchev–Trinajstić information content (AvgIpc) is 2.44. The van der Waals surface area contributed by atoms with Gasteiger partial charge in [0.05, 0.1) is 6.61 Å². The number of methoxy groups -OCH3 is 1. The van der Waals surface area contributed by atoms with E-state index in [1.807, 2.05) is 0 Å². The SMILES string of the molecule is COCCCOCCN1CCC(C)(C(N)=NO)CC1. The van der Waals surface area contributed by atoms with Crippen LogP contribution in [0.25, 0.3) is 0 Å². The van der Waals surface area contributed by atoms with Crippen LogP contribution in [0, 0.1) is 5.41 Å². The van der Waals surface area contributed by atoms with Crippen LogP contribution < -0.4 is 5.73 Å². The van der Waals surface area contributed by atoms with E-state index in [0.717, 1.165) is 58.7 Å². The number of nitrogens with zero attached hydrogens (tertiary/aromatic N) is 2. The Kier molecular flexibility index (Phi) is 7.12. The van der Waals surface area contributed by atoms with Crippen molar-refractivity contribution in [3.63, 3.8) is 0 Å². The smallest absolute Gasteiger partial charge is 0.145 e. The van der Waals surface area contributed by atoms with E-state index in [0.29, 0.717) is 5.84 Å². The summed E-state index contributed by atoms with van der Waals surface area (Å²) in [6.07, 6.45) is 2.79. The number of amidine groups is 1. The van der Waals surface area contributed by atoms with E-state index >= 15 is 0 Å². The average molecular weight is 273 g/mol. The lowest BCUT2D eigenvalue weighted by atomic mass is 9.79. The first-order chi connectivity index (χ1) is 9.12. The van der Waals surface area contributed by atoms with Crippen LogP contribution in [0.5, 0.6) is 0 Å². The fraction of sp³-hybridized carbons (Fsp3) is 0.923. The van der Waals surface area contributed by atoms with Gasteiger partial charge in [-0.15, -0.1) is 0 Å². The van der Waals surface area contributed by atoms with Crippen molar-refractivity contribution < 1.29 is 14.7 Å². The maximum Gasteiger partial charge on any atom is 0.145 e. The summed E-state index contributed by atoms with van der Waals surface area (Å²) < 4.78 is 10.5. The van der Waals surface area contributed by atoms with Crippen LogP contribution in [0.3, 0.4) is 0 Å². The molecule has 19 heavy (non-hydrogen) atoms. The molecule has 0 atom stereocenters. The van der Waals surface area contributed by atoms with Crippen LogP contribution in [0.4, 0.5) is 0 Å². The molecule has 0 unspecified atom stereocenters. The van der Waals surface area contributed by atoms with Crippen LogP contribution >= 0.6 is 0 Å². The Morgan fingerprint density at radius 1 is 1.32 bits per heavy atom. The van der Waals surface area contributed by atoms with E-state index in [1.165, 1.54) is 0 Å². The summed E-state index contributed by atoms with van der Waals surface area (Å²) in [6.45, 7) is 7.19. The van der Waals surface area contributed by atoms with Gasteiger partial charge >= 0.3 is 0 Å². The molecule has 0 aliphatic carbocycles. The molecule has 112 valence electrons. The van der Waals surface area contributed by atoms with Gasteiger partial charge in [0, 0.05) is 32.3 Å². The summed E-state index contributed by atoms with van der Waals surface area (Å²) in [5, 5.41) is 11.9. The number of piperidine rings is 1. The highest BCUT2D eigenvalue weighted by atomic mass is 16.5. The molecule has 1 aliphatic heterocycles. The van der Waals surface area contributed by atoms with Gasteiger partial charge in [-0.1, -0.05) is 12.1 Å². The molecule has 1 saturated heterocycles. The Balaban J connectivity index is 2.13. The Morgan fingerprint density at radius 2 is 2.00 bits per heavy atom. The Hall–Kier alpha value is -0.850. The lowest BCUT2D eigenvalue weighted by Crippen LogP contribution is -2.46. The Morgan fingerprint density at radius 3 is 2.58 bits per heavy atom. The van der Waals surface area contributed by atoms with Crippen molar-refractivity contribution in [2.24, 2.45) is 16.3 Å². The van der Waals surface area contributed by atoms with Crippen molar-refractivity contribution in [1.82, 2.24) is 4.90 Å². The first-order valence-electron chi connectivity index (χ1n) is 6.89. The molecule has 0 aromatic rings. The summed E-state index contributed by atoms with van der Waals surface area (Å²) in [7, 11) is 1.70. The summed E-state index contributed by atoms with van der Waals surface area (Å²) >= 11 is 0. The van der Waals surface area contributed by atoms with E-state index in [4.69, 9.17) is 20.4 Å². The normalized spacial score (nSPS) is 20.6. The Labute approximate surface area is 115 Å². The maximum absolute atomic E-state index is 8.78. The van der Waals surface area contributed by atoms with Crippen molar-refractivity contribution in [2.75, 3.05) is 46.6 Å². The lowest BCUT2D eigenvalue weighted by Gasteiger charge is -2.38. The number of nitrogens with two attached hydrogens (primary N) is 1. The van der Waals surface area contributed by atoms with Gasteiger partial charge in [0.1, 0.15) is 5.84 Å². The lowest BCUT2D eigenvalue weighted by molar-refractivity contribution is 0.0698. The molecule has 0 radical (unpaired) electrons. The van der Waals surface area contributed by atoms with Crippen LogP contribution in [0.2, 0.25) is 0 Å². The Bertz CT molecular complexity index is 276. The monoisotopic (exact) mass is 273 g/mol. The van der Waals surface area contributed by atoms with Crippen molar-refractivity contribution >= 4 is 5.84 Å². The molecular weight excluding hydrogens is 246 g/mol. The summed E-state index contributed by atoms with van der Waals surface area (Å²) in [5.74, 6) is 0.350. The van der Waals surface area contributed by atoms with Gasteiger partial charge in [-0.25, -0.2) is 0 Å². The van der Waals surface area contributed by atoms with Crippen LogP contribution in [0.1, 0.15) is 26.2 Å². The van der Waals surface area contributed by atoms with Gasteiger partial charge in [-0.3, -0.25) is 0 Å². The molecule has 0 aromatic heterocycles. The third-order valence-corrected chi connectivity index (χ3v) is 3.87. The molecule has 6 heteroatoms. The maximum atomic E-state index is 8.78. The minimum atomic E-state index is -0.162. The molecule has 1 heterocycles. The number of oxime groups is 1. The number of rotatable bonds is 8. The second kappa shape index (κ2) is 8.35. The molecule has 0 spiro atoms.